The molecule has 1 aromatic rings. The maximum atomic E-state index is 3.30. The Balaban J connectivity index is 2.60. The third kappa shape index (κ3) is 5.13. The van der Waals surface area contributed by atoms with Crippen LogP contribution in [0.25, 0.3) is 0 Å². The third-order valence-corrected chi connectivity index (χ3v) is 4.04. The average Bonchev–Trinajstić information content (AvgIpc) is 2.31. The van der Waals surface area contributed by atoms with E-state index in [1.54, 1.807) is 0 Å². The average molecular weight is 251 g/mol. The molecule has 0 aromatic heterocycles. The molecular formula is C15H25NS. The fourth-order valence-electron chi connectivity index (χ4n) is 2.00. The van der Waals surface area contributed by atoms with Crippen molar-refractivity contribution in [2.24, 2.45) is 11.8 Å². The predicted molar refractivity (Wildman–Crippen MR) is 78.8 cm³/mol. The van der Waals surface area contributed by atoms with E-state index >= 15 is 0 Å². The van der Waals surface area contributed by atoms with Crippen molar-refractivity contribution in [3.8, 4) is 0 Å². The molecule has 1 atom stereocenters. The lowest BCUT2D eigenvalue weighted by Gasteiger charge is -2.20. The summed E-state index contributed by atoms with van der Waals surface area (Å²) in [6, 6.07) is 9.06. The topological polar surface area (TPSA) is 12.0 Å². The Labute approximate surface area is 110 Å². The molecule has 1 N–H and O–H groups in total. The van der Waals surface area contributed by atoms with Crippen LogP contribution in [-0.4, -0.2) is 19.3 Å². The van der Waals surface area contributed by atoms with Crippen molar-refractivity contribution in [2.45, 2.75) is 32.1 Å². The largest absolute Gasteiger partial charge is 0.319 e. The van der Waals surface area contributed by atoms with Gasteiger partial charge in [-0.05, 0) is 55.3 Å². The molecule has 96 valence electrons. The Kier molecular flexibility index (Phi) is 6.68. The number of rotatable bonds is 7. The summed E-state index contributed by atoms with van der Waals surface area (Å²) in [7, 11) is 2.04. The van der Waals surface area contributed by atoms with Gasteiger partial charge < -0.3 is 5.32 Å². The van der Waals surface area contributed by atoms with Gasteiger partial charge in [-0.1, -0.05) is 32.9 Å². The van der Waals surface area contributed by atoms with Crippen molar-refractivity contribution >= 4 is 11.8 Å². The molecule has 0 fully saturated rings. The van der Waals surface area contributed by atoms with Gasteiger partial charge in [0.2, 0.25) is 0 Å². The van der Waals surface area contributed by atoms with Crippen LogP contribution >= 0.6 is 11.8 Å². The van der Waals surface area contributed by atoms with Gasteiger partial charge in [-0.25, -0.2) is 0 Å². The van der Waals surface area contributed by atoms with E-state index in [0.717, 1.165) is 24.1 Å². The van der Waals surface area contributed by atoms with Gasteiger partial charge in [-0.2, -0.15) is 0 Å². The van der Waals surface area contributed by atoms with Gasteiger partial charge in [0.25, 0.3) is 0 Å². The van der Waals surface area contributed by atoms with Gasteiger partial charge in [0.05, 0.1) is 0 Å². The second-order valence-electron chi connectivity index (χ2n) is 4.84. The van der Waals surface area contributed by atoms with Crippen molar-refractivity contribution in [2.75, 3.05) is 19.3 Å². The Morgan fingerprint density at radius 3 is 2.29 bits per heavy atom. The zero-order chi connectivity index (χ0) is 12.7. The molecule has 0 heterocycles. The third-order valence-electron chi connectivity index (χ3n) is 3.14. The maximum Gasteiger partial charge on any atom is 0.00720 e. The lowest BCUT2D eigenvalue weighted by molar-refractivity contribution is 0.370. The van der Waals surface area contributed by atoms with Crippen LogP contribution in [0.15, 0.2) is 29.2 Å². The van der Waals surface area contributed by atoms with Gasteiger partial charge in [-0.3, -0.25) is 0 Å². The second kappa shape index (κ2) is 7.78. The van der Waals surface area contributed by atoms with Gasteiger partial charge >= 0.3 is 0 Å². The van der Waals surface area contributed by atoms with E-state index in [1.165, 1.54) is 16.9 Å². The SMILES string of the molecule is CCSc1ccc(CC(CNC)C(C)C)cc1. The molecule has 0 aliphatic carbocycles. The first-order valence-electron chi connectivity index (χ1n) is 6.53. The highest BCUT2D eigenvalue weighted by molar-refractivity contribution is 7.99. The van der Waals surface area contributed by atoms with Crippen LogP contribution in [0.4, 0.5) is 0 Å². The number of benzene rings is 1. The van der Waals surface area contributed by atoms with Crippen LogP contribution in [-0.2, 0) is 6.42 Å². The zero-order valence-corrected chi connectivity index (χ0v) is 12.3. The zero-order valence-electron chi connectivity index (χ0n) is 11.5. The summed E-state index contributed by atoms with van der Waals surface area (Å²) < 4.78 is 0. The van der Waals surface area contributed by atoms with Crippen molar-refractivity contribution in [1.29, 1.82) is 0 Å². The highest BCUT2D eigenvalue weighted by atomic mass is 32.2. The molecule has 0 aliphatic rings. The minimum atomic E-state index is 0.727. The van der Waals surface area contributed by atoms with Crippen LogP contribution in [0, 0.1) is 11.8 Å². The van der Waals surface area contributed by atoms with Gasteiger partial charge in [-0.15, -0.1) is 11.8 Å². The molecule has 1 rings (SSSR count). The van der Waals surface area contributed by atoms with Crippen LogP contribution in [0.3, 0.4) is 0 Å². The summed E-state index contributed by atoms with van der Waals surface area (Å²) in [6.45, 7) is 7.91. The standard InChI is InChI=1S/C15H25NS/c1-5-17-15-8-6-13(7-9-15)10-14(11-16-4)12(2)3/h6-9,12,14,16H,5,10-11H2,1-4H3. The first-order chi connectivity index (χ1) is 8.17. The molecule has 0 amide bonds. The minimum absolute atomic E-state index is 0.727. The predicted octanol–water partition coefficient (Wildman–Crippen LogP) is 3.83. The number of nitrogens with one attached hydrogen (secondary N) is 1. The molecule has 1 aromatic carbocycles. The van der Waals surface area contributed by atoms with Crippen LogP contribution in [0.2, 0.25) is 0 Å². The maximum absolute atomic E-state index is 3.30. The molecule has 1 unspecified atom stereocenters. The molecule has 0 saturated carbocycles. The first kappa shape index (κ1) is 14.6. The van der Waals surface area contributed by atoms with E-state index in [2.05, 4.69) is 50.4 Å². The molecule has 17 heavy (non-hydrogen) atoms. The van der Waals surface area contributed by atoms with E-state index in [0.29, 0.717) is 0 Å². The molecule has 0 bridgehead atoms. The monoisotopic (exact) mass is 251 g/mol. The quantitative estimate of drug-likeness (QED) is 0.739. The Bertz CT molecular complexity index is 305. The second-order valence-corrected chi connectivity index (χ2v) is 6.18. The van der Waals surface area contributed by atoms with Crippen molar-refractivity contribution < 1.29 is 0 Å². The van der Waals surface area contributed by atoms with Crippen molar-refractivity contribution in [3.05, 3.63) is 29.8 Å². The molecule has 1 nitrogen and oxygen atoms in total. The lowest BCUT2D eigenvalue weighted by atomic mass is 9.89. The number of thioether (sulfide) groups is 1. The smallest absolute Gasteiger partial charge is 0.00720 e. The first-order valence-corrected chi connectivity index (χ1v) is 7.52. The summed E-state index contributed by atoms with van der Waals surface area (Å²) in [5.74, 6) is 2.60. The molecule has 0 radical (unpaired) electrons. The fraction of sp³-hybridized carbons (Fsp3) is 0.600. The fourth-order valence-corrected chi connectivity index (χ4v) is 2.66. The van der Waals surface area contributed by atoms with E-state index < -0.39 is 0 Å². The number of hydrogen-bond donors (Lipinski definition) is 1. The normalized spacial score (nSPS) is 13.0. The number of hydrogen-bond acceptors (Lipinski definition) is 2. The molecule has 0 spiro atoms. The van der Waals surface area contributed by atoms with Crippen LogP contribution in [0.1, 0.15) is 26.3 Å². The van der Waals surface area contributed by atoms with E-state index in [-0.39, 0.29) is 0 Å². The lowest BCUT2D eigenvalue weighted by Crippen LogP contribution is -2.25. The highest BCUT2D eigenvalue weighted by Crippen LogP contribution is 2.21. The molecule has 2 heteroatoms. The molecular weight excluding hydrogens is 226 g/mol. The Morgan fingerprint density at radius 1 is 1.18 bits per heavy atom. The summed E-state index contributed by atoms with van der Waals surface area (Å²) in [4.78, 5) is 1.38. The summed E-state index contributed by atoms with van der Waals surface area (Å²) in [5, 5.41) is 3.30. The molecule has 0 aliphatic heterocycles. The van der Waals surface area contributed by atoms with Crippen LogP contribution < -0.4 is 5.32 Å². The van der Waals surface area contributed by atoms with Gasteiger partial charge in [0.15, 0.2) is 0 Å². The van der Waals surface area contributed by atoms with Gasteiger partial charge in [0.1, 0.15) is 0 Å². The minimum Gasteiger partial charge on any atom is -0.319 e. The van der Waals surface area contributed by atoms with Crippen LogP contribution in [0.5, 0.6) is 0 Å². The van der Waals surface area contributed by atoms with E-state index in [9.17, 15) is 0 Å². The van der Waals surface area contributed by atoms with E-state index in [1.807, 2.05) is 18.8 Å². The van der Waals surface area contributed by atoms with Crippen molar-refractivity contribution in [3.63, 3.8) is 0 Å². The summed E-state index contributed by atoms with van der Waals surface area (Å²) in [5.41, 5.74) is 1.46. The van der Waals surface area contributed by atoms with E-state index in [4.69, 9.17) is 0 Å². The Morgan fingerprint density at radius 2 is 1.82 bits per heavy atom. The summed E-state index contributed by atoms with van der Waals surface area (Å²) in [6.07, 6.45) is 1.18. The van der Waals surface area contributed by atoms with Gasteiger partial charge in [0, 0.05) is 4.90 Å². The molecule has 0 saturated heterocycles. The Hall–Kier alpha value is -0.470. The highest BCUT2D eigenvalue weighted by Gasteiger charge is 2.12. The summed E-state index contributed by atoms with van der Waals surface area (Å²) >= 11 is 1.91. The van der Waals surface area contributed by atoms with Crippen molar-refractivity contribution in [1.82, 2.24) is 5.32 Å².